The van der Waals surface area contributed by atoms with Gasteiger partial charge in [-0.05, 0) is 25.1 Å². The second-order valence-electron chi connectivity index (χ2n) is 6.80. The average molecular weight is 434 g/mol. The van der Waals surface area contributed by atoms with Gasteiger partial charge in [-0.2, -0.15) is 5.10 Å². The van der Waals surface area contributed by atoms with Crippen LogP contribution in [0.1, 0.15) is 12.6 Å². The maximum absolute atomic E-state index is 12.3. The van der Waals surface area contributed by atoms with E-state index in [4.69, 9.17) is 14.2 Å². The maximum Gasteiger partial charge on any atom is 0.230 e. The van der Waals surface area contributed by atoms with Crippen LogP contribution in [0, 0.1) is 0 Å². The molecule has 0 aliphatic heterocycles. The molecule has 0 atom stereocenters. The molecular formula is C22H22N6O4. The lowest BCUT2D eigenvalue weighted by atomic mass is 10.2. The first-order valence-corrected chi connectivity index (χ1v) is 9.91. The minimum Gasteiger partial charge on any atom is -0.493 e. The predicted molar refractivity (Wildman–Crippen MR) is 117 cm³/mol. The molecule has 0 aliphatic carbocycles. The van der Waals surface area contributed by atoms with Gasteiger partial charge in [0.1, 0.15) is 12.1 Å². The number of carbonyl (C=O) groups excluding carboxylic acids is 1. The van der Waals surface area contributed by atoms with E-state index >= 15 is 0 Å². The van der Waals surface area contributed by atoms with Gasteiger partial charge in [0.15, 0.2) is 11.5 Å². The summed E-state index contributed by atoms with van der Waals surface area (Å²) in [5.74, 6) is 1.77. The first kappa shape index (κ1) is 21.0. The number of fused-ring (bicyclic) bond motifs is 1. The molecule has 10 heteroatoms. The van der Waals surface area contributed by atoms with Crippen molar-refractivity contribution in [2.45, 2.75) is 19.9 Å². The lowest BCUT2D eigenvalue weighted by Gasteiger charge is -2.11. The third kappa shape index (κ3) is 4.59. The van der Waals surface area contributed by atoms with Gasteiger partial charge in [0.2, 0.25) is 11.8 Å². The number of carbonyl (C=O) groups is 1. The van der Waals surface area contributed by atoms with E-state index < -0.39 is 0 Å². The quantitative estimate of drug-likeness (QED) is 0.450. The molecule has 4 aromatic rings. The Morgan fingerprint density at radius 3 is 2.56 bits per heavy atom. The minimum absolute atomic E-state index is 0.130. The van der Waals surface area contributed by atoms with E-state index in [-0.39, 0.29) is 12.3 Å². The zero-order chi connectivity index (χ0) is 22.5. The van der Waals surface area contributed by atoms with Crippen molar-refractivity contribution in [3.8, 4) is 23.1 Å². The standard InChI is InChI=1S/C22H22N6O4/c1-4-28-12-15(10-26-28)27-21(29)7-14-5-6-16(11-23-14)32-22-17-8-19(30-2)20(31-3)9-18(17)24-13-25-22/h5-6,8-13H,4,7H2,1-3H3,(H,27,29). The molecule has 4 rings (SSSR count). The van der Waals surface area contributed by atoms with Crippen LogP contribution in [-0.4, -0.2) is 44.9 Å². The second-order valence-corrected chi connectivity index (χ2v) is 6.80. The van der Waals surface area contributed by atoms with Crippen molar-refractivity contribution in [2.24, 2.45) is 0 Å². The molecule has 0 saturated heterocycles. The Kier molecular flexibility index (Phi) is 6.11. The third-order valence-corrected chi connectivity index (χ3v) is 4.70. The molecule has 0 fully saturated rings. The maximum atomic E-state index is 12.3. The topological polar surface area (TPSA) is 113 Å². The lowest BCUT2D eigenvalue weighted by Crippen LogP contribution is -2.14. The van der Waals surface area contributed by atoms with E-state index in [0.717, 1.165) is 6.54 Å². The van der Waals surface area contributed by atoms with Crippen LogP contribution in [0.5, 0.6) is 23.1 Å². The summed E-state index contributed by atoms with van der Waals surface area (Å²) in [5.41, 5.74) is 1.91. The number of pyridine rings is 1. The highest BCUT2D eigenvalue weighted by Gasteiger charge is 2.13. The van der Waals surface area contributed by atoms with Gasteiger partial charge in [-0.25, -0.2) is 9.97 Å². The molecule has 10 nitrogen and oxygen atoms in total. The summed E-state index contributed by atoms with van der Waals surface area (Å²) in [6, 6.07) is 6.99. The fourth-order valence-electron chi connectivity index (χ4n) is 3.10. The highest BCUT2D eigenvalue weighted by atomic mass is 16.5. The molecule has 3 heterocycles. The number of nitrogens with zero attached hydrogens (tertiary/aromatic N) is 5. The number of anilines is 1. The van der Waals surface area contributed by atoms with Crippen molar-refractivity contribution in [3.05, 3.63) is 54.9 Å². The molecule has 0 spiro atoms. The molecule has 0 unspecified atom stereocenters. The van der Waals surface area contributed by atoms with Crippen molar-refractivity contribution in [2.75, 3.05) is 19.5 Å². The first-order chi connectivity index (χ1) is 15.6. The molecule has 3 aromatic heterocycles. The normalized spacial score (nSPS) is 10.7. The lowest BCUT2D eigenvalue weighted by molar-refractivity contribution is -0.115. The summed E-state index contributed by atoms with van der Waals surface area (Å²) in [5, 5.41) is 7.61. The predicted octanol–water partition coefficient (Wildman–Crippen LogP) is 3.23. The molecule has 1 amide bonds. The summed E-state index contributed by atoms with van der Waals surface area (Å²) in [7, 11) is 3.12. The van der Waals surface area contributed by atoms with Crippen LogP contribution < -0.4 is 19.5 Å². The monoisotopic (exact) mass is 434 g/mol. The molecule has 1 aromatic carbocycles. The minimum atomic E-state index is -0.176. The van der Waals surface area contributed by atoms with Crippen LogP contribution in [0.15, 0.2) is 49.2 Å². The molecule has 0 saturated carbocycles. The Hall–Kier alpha value is -4.21. The number of hydrogen-bond donors (Lipinski definition) is 1. The number of methoxy groups -OCH3 is 2. The Bertz CT molecular complexity index is 1240. The van der Waals surface area contributed by atoms with Crippen LogP contribution >= 0.6 is 0 Å². The largest absolute Gasteiger partial charge is 0.493 e. The van der Waals surface area contributed by atoms with Gasteiger partial charge in [-0.3, -0.25) is 14.5 Å². The smallest absolute Gasteiger partial charge is 0.230 e. The molecule has 32 heavy (non-hydrogen) atoms. The number of aromatic nitrogens is 5. The Morgan fingerprint density at radius 2 is 1.88 bits per heavy atom. The summed E-state index contributed by atoms with van der Waals surface area (Å²) in [6.45, 7) is 2.71. The van der Waals surface area contributed by atoms with Crippen LogP contribution in [-0.2, 0) is 17.8 Å². The fourth-order valence-corrected chi connectivity index (χ4v) is 3.10. The van der Waals surface area contributed by atoms with E-state index in [1.807, 2.05) is 6.92 Å². The van der Waals surface area contributed by atoms with Crippen LogP contribution in [0.25, 0.3) is 10.9 Å². The van der Waals surface area contributed by atoms with Crippen molar-refractivity contribution in [1.82, 2.24) is 24.7 Å². The zero-order valence-electron chi connectivity index (χ0n) is 17.9. The van der Waals surface area contributed by atoms with E-state index in [2.05, 4.69) is 25.4 Å². The summed E-state index contributed by atoms with van der Waals surface area (Å²) < 4.78 is 18.3. The van der Waals surface area contributed by atoms with Gasteiger partial charge >= 0.3 is 0 Å². The van der Waals surface area contributed by atoms with Crippen molar-refractivity contribution < 1.29 is 19.0 Å². The Labute approximate surface area is 184 Å². The Morgan fingerprint density at radius 1 is 1.06 bits per heavy atom. The number of hydrogen-bond acceptors (Lipinski definition) is 8. The van der Waals surface area contributed by atoms with Gasteiger partial charge in [0, 0.05) is 24.5 Å². The van der Waals surface area contributed by atoms with Gasteiger partial charge in [-0.15, -0.1) is 0 Å². The number of amides is 1. The molecule has 164 valence electrons. The first-order valence-electron chi connectivity index (χ1n) is 9.91. The van der Waals surface area contributed by atoms with E-state index in [1.165, 1.54) is 6.33 Å². The highest BCUT2D eigenvalue weighted by molar-refractivity contribution is 5.91. The van der Waals surface area contributed by atoms with E-state index in [0.29, 0.717) is 45.4 Å². The number of aryl methyl sites for hydroxylation is 1. The third-order valence-electron chi connectivity index (χ3n) is 4.70. The van der Waals surface area contributed by atoms with Crippen molar-refractivity contribution >= 4 is 22.5 Å². The van der Waals surface area contributed by atoms with Crippen LogP contribution in [0.4, 0.5) is 5.69 Å². The number of ether oxygens (including phenoxy) is 3. The summed E-state index contributed by atoms with van der Waals surface area (Å²) in [6.07, 6.45) is 6.48. The zero-order valence-corrected chi connectivity index (χ0v) is 17.9. The number of rotatable bonds is 8. The van der Waals surface area contributed by atoms with Crippen molar-refractivity contribution in [3.63, 3.8) is 0 Å². The molecule has 0 aliphatic rings. The highest BCUT2D eigenvalue weighted by Crippen LogP contribution is 2.35. The molecule has 1 N–H and O–H groups in total. The molecule has 0 radical (unpaired) electrons. The SMILES string of the molecule is CCn1cc(NC(=O)Cc2ccc(Oc3ncnc4cc(OC)c(OC)cc34)cn2)cn1. The molecule has 0 bridgehead atoms. The van der Waals surface area contributed by atoms with E-state index in [1.54, 1.807) is 61.8 Å². The average Bonchev–Trinajstić information content (AvgIpc) is 3.27. The van der Waals surface area contributed by atoms with Gasteiger partial charge in [0.05, 0.1) is 49.6 Å². The van der Waals surface area contributed by atoms with Gasteiger partial charge in [-0.1, -0.05) is 0 Å². The van der Waals surface area contributed by atoms with Crippen molar-refractivity contribution in [1.29, 1.82) is 0 Å². The summed E-state index contributed by atoms with van der Waals surface area (Å²) in [4.78, 5) is 25.1. The number of benzene rings is 1. The Balaban J connectivity index is 1.46. The summed E-state index contributed by atoms with van der Waals surface area (Å²) >= 11 is 0. The molecular weight excluding hydrogens is 412 g/mol. The fraction of sp³-hybridized carbons (Fsp3) is 0.227. The van der Waals surface area contributed by atoms with E-state index in [9.17, 15) is 4.79 Å². The number of nitrogens with one attached hydrogen (secondary N) is 1. The van der Waals surface area contributed by atoms with Gasteiger partial charge in [0.25, 0.3) is 0 Å². The van der Waals surface area contributed by atoms with Crippen LogP contribution in [0.3, 0.4) is 0 Å². The van der Waals surface area contributed by atoms with Crippen LogP contribution in [0.2, 0.25) is 0 Å². The van der Waals surface area contributed by atoms with Gasteiger partial charge < -0.3 is 19.5 Å². The second kappa shape index (κ2) is 9.29.